The largest absolute Gasteiger partial charge is 0.490 e. The molecule has 27 heavy (non-hydrogen) atoms. The first kappa shape index (κ1) is 20.5. The molecule has 0 atom stereocenters. The fourth-order valence-electron chi connectivity index (χ4n) is 2.19. The average molecular weight is 392 g/mol. The summed E-state index contributed by atoms with van der Waals surface area (Å²) in [7, 11) is 0. The Morgan fingerprint density at radius 2 is 2.07 bits per heavy atom. The third-order valence-corrected chi connectivity index (χ3v) is 3.64. The van der Waals surface area contributed by atoms with E-state index in [0.29, 0.717) is 46.9 Å². The number of anilines is 1. The van der Waals surface area contributed by atoms with Crippen molar-refractivity contribution in [1.82, 2.24) is 0 Å². The maximum Gasteiger partial charge on any atom is 0.271 e. The Morgan fingerprint density at radius 1 is 1.30 bits per heavy atom. The van der Waals surface area contributed by atoms with E-state index in [9.17, 15) is 10.1 Å². The second-order valence-corrected chi connectivity index (χ2v) is 6.55. The molecular formula is C19H22ClN3O4. The molecule has 0 heterocycles. The number of benzene rings is 2. The molecule has 2 aromatic carbocycles. The Bertz CT molecular complexity index is 825. The second-order valence-electron chi connectivity index (χ2n) is 6.15. The lowest BCUT2D eigenvalue weighted by atomic mass is 10.2. The lowest BCUT2D eigenvalue weighted by Gasteiger charge is -2.15. The number of nitrogens with zero attached hydrogens (tertiary/aromatic N) is 2. The highest BCUT2D eigenvalue weighted by atomic mass is 35.5. The first-order valence-electron chi connectivity index (χ1n) is 8.53. The topological polar surface area (TPSA) is 86.0 Å². The zero-order chi connectivity index (χ0) is 19.8. The monoisotopic (exact) mass is 391 g/mol. The Morgan fingerprint density at radius 3 is 2.74 bits per heavy atom. The van der Waals surface area contributed by atoms with Crippen LogP contribution in [0.2, 0.25) is 5.02 Å². The normalized spacial score (nSPS) is 11.0. The average Bonchev–Trinajstić information content (AvgIpc) is 2.61. The number of halogens is 1. The number of hydrogen-bond acceptors (Lipinski definition) is 6. The third kappa shape index (κ3) is 6.14. The molecule has 8 heteroatoms. The molecular weight excluding hydrogens is 370 g/mol. The summed E-state index contributed by atoms with van der Waals surface area (Å²) in [4.78, 5) is 10.4. The van der Waals surface area contributed by atoms with Crippen LogP contribution in [0.1, 0.15) is 26.3 Å². The fraction of sp³-hybridized carbons (Fsp3) is 0.316. The zero-order valence-corrected chi connectivity index (χ0v) is 16.2. The molecule has 2 aromatic rings. The number of rotatable bonds is 9. The van der Waals surface area contributed by atoms with Crippen molar-refractivity contribution in [2.24, 2.45) is 11.0 Å². The van der Waals surface area contributed by atoms with Crippen molar-refractivity contribution in [3.63, 3.8) is 0 Å². The SMILES string of the molecule is CCOc1cc(C=NNc2cccc([N+](=O)[O-])c2)cc(Cl)c1OCC(C)C. The van der Waals surface area contributed by atoms with Gasteiger partial charge < -0.3 is 9.47 Å². The smallest absolute Gasteiger partial charge is 0.271 e. The molecule has 0 aliphatic heterocycles. The van der Waals surface area contributed by atoms with Gasteiger partial charge in [-0.05, 0) is 36.6 Å². The van der Waals surface area contributed by atoms with Gasteiger partial charge in [0.15, 0.2) is 11.5 Å². The van der Waals surface area contributed by atoms with Crippen molar-refractivity contribution < 1.29 is 14.4 Å². The van der Waals surface area contributed by atoms with Gasteiger partial charge in [0.25, 0.3) is 5.69 Å². The van der Waals surface area contributed by atoms with Gasteiger partial charge in [-0.3, -0.25) is 15.5 Å². The van der Waals surface area contributed by atoms with Crippen LogP contribution < -0.4 is 14.9 Å². The van der Waals surface area contributed by atoms with E-state index in [4.69, 9.17) is 21.1 Å². The minimum atomic E-state index is -0.459. The van der Waals surface area contributed by atoms with Crippen LogP contribution in [0.15, 0.2) is 41.5 Å². The van der Waals surface area contributed by atoms with Gasteiger partial charge in [-0.25, -0.2) is 0 Å². The van der Waals surface area contributed by atoms with Crippen molar-refractivity contribution in [1.29, 1.82) is 0 Å². The fourth-order valence-corrected chi connectivity index (χ4v) is 2.46. The predicted octanol–water partition coefficient (Wildman–Crippen LogP) is 5.13. The molecule has 0 aliphatic carbocycles. The van der Waals surface area contributed by atoms with Crippen molar-refractivity contribution in [2.75, 3.05) is 18.6 Å². The standard InChI is InChI=1S/C19H22ClN3O4/c1-4-26-18-9-14(8-17(20)19(18)27-12-13(2)3)11-21-22-15-6-5-7-16(10-15)23(24)25/h5-11,13,22H,4,12H2,1-3H3. The molecule has 144 valence electrons. The summed E-state index contributed by atoms with van der Waals surface area (Å²) in [6.07, 6.45) is 1.56. The van der Waals surface area contributed by atoms with Gasteiger partial charge in [-0.15, -0.1) is 0 Å². The minimum Gasteiger partial charge on any atom is -0.490 e. The molecule has 0 aliphatic rings. The summed E-state index contributed by atoms with van der Waals surface area (Å²) in [5.74, 6) is 1.41. The van der Waals surface area contributed by atoms with Crippen LogP contribution >= 0.6 is 11.6 Å². The second kappa shape index (κ2) is 9.78. The van der Waals surface area contributed by atoms with E-state index in [-0.39, 0.29) is 5.69 Å². The number of ether oxygens (including phenoxy) is 2. The molecule has 0 fully saturated rings. The van der Waals surface area contributed by atoms with Gasteiger partial charge in [0.1, 0.15) is 0 Å². The van der Waals surface area contributed by atoms with E-state index < -0.39 is 4.92 Å². The van der Waals surface area contributed by atoms with Gasteiger partial charge in [-0.1, -0.05) is 31.5 Å². The van der Waals surface area contributed by atoms with E-state index in [1.165, 1.54) is 12.1 Å². The molecule has 1 N–H and O–H groups in total. The van der Waals surface area contributed by atoms with E-state index >= 15 is 0 Å². The molecule has 0 unspecified atom stereocenters. The Balaban J connectivity index is 2.16. The lowest BCUT2D eigenvalue weighted by molar-refractivity contribution is -0.384. The molecule has 0 bridgehead atoms. The third-order valence-electron chi connectivity index (χ3n) is 3.36. The van der Waals surface area contributed by atoms with Crippen LogP contribution in [0.5, 0.6) is 11.5 Å². The lowest BCUT2D eigenvalue weighted by Crippen LogP contribution is -2.07. The van der Waals surface area contributed by atoms with Crippen LogP contribution in [0.4, 0.5) is 11.4 Å². The Kier molecular flexibility index (Phi) is 7.43. The van der Waals surface area contributed by atoms with Crippen molar-refractivity contribution >= 4 is 29.2 Å². The van der Waals surface area contributed by atoms with Crippen LogP contribution in [0, 0.1) is 16.0 Å². The minimum absolute atomic E-state index is 0.0106. The molecule has 7 nitrogen and oxygen atoms in total. The number of non-ortho nitro benzene ring substituents is 1. The zero-order valence-electron chi connectivity index (χ0n) is 15.4. The summed E-state index contributed by atoms with van der Waals surface area (Å²) in [5, 5.41) is 15.3. The summed E-state index contributed by atoms with van der Waals surface area (Å²) in [5.41, 5.74) is 3.97. The highest BCUT2D eigenvalue weighted by Crippen LogP contribution is 2.36. The van der Waals surface area contributed by atoms with Crippen molar-refractivity contribution in [3.8, 4) is 11.5 Å². The van der Waals surface area contributed by atoms with Crippen LogP contribution in [0.25, 0.3) is 0 Å². The molecule has 0 radical (unpaired) electrons. The number of nitro benzene ring substituents is 1. The maximum atomic E-state index is 10.8. The van der Waals surface area contributed by atoms with Crippen molar-refractivity contribution in [2.45, 2.75) is 20.8 Å². The Hall–Kier alpha value is -2.80. The highest BCUT2D eigenvalue weighted by Gasteiger charge is 2.13. The molecule has 0 spiro atoms. The van der Waals surface area contributed by atoms with Gasteiger partial charge in [0.05, 0.1) is 35.1 Å². The number of hydrazone groups is 1. The van der Waals surface area contributed by atoms with E-state index in [0.717, 1.165) is 0 Å². The van der Waals surface area contributed by atoms with E-state index in [2.05, 4.69) is 24.4 Å². The van der Waals surface area contributed by atoms with Gasteiger partial charge >= 0.3 is 0 Å². The van der Waals surface area contributed by atoms with Crippen LogP contribution in [-0.4, -0.2) is 24.4 Å². The van der Waals surface area contributed by atoms with E-state index in [1.54, 1.807) is 30.5 Å². The van der Waals surface area contributed by atoms with Crippen LogP contribution in [0.3, 0.4) is 0 Å². The predicted molar refractivity (Wildman–Crippen MR) is 107 cm³/mol. The Labute approximate surface area is 163 Å². The quantitative estimate of drug-likeness (QED) is 0.364. The number of nitro groups is 1. The van der Waals surface area contributed by atoms with Gasteiger partial charge in [0.2, 0.25) is 0 Å². The van der Waals surface area contributed by atoms with Gasteiger partial charge in [-0.2, -0.15) is 5.10 Å². The summed E-state index contributed by atoms with van der Waals surface area (Å²) in [6.45, 7) is 6.98. The molecule has 0 saturated carbocycles. The highest BCUT2D eigenvalue weighted by molar-refractivity contribution is 6.32. The number of nitrogens with one attached hydrogen (secondary N) is 1. The first-order chi connectivity index (χ1) is 12.9. The molecule has 2 rings (SSSR count). The summed E-state index contributed by atoms with van der Waals surface area (Å²) < 4.78 is 11.4. The molecule has 0 amide bonds. The number of hydrogen-bond donors (Lipinski definition) is 1. The van der Waals surface area contributed by atoms with Crippen LogP contribution in [-0.2, 0) is 0 Å². The summed E-state index contributed by atoms with van der Waals surface area (Å²) in [6, 6.07) is 9.59. The van der Waals surface area contributed by atoms with Crippen molar-refractivity contribution in [3.05, 3.63) is 57.1 Å². The first-order valence-corrected chi connectivity index (χ1v) is 8.91. The maximum absolute atomic E-state index is 10.8. The molecule has 0 saturated heterocycles. The van der Waals surface area contributed by atoms with E-state index in [1.807, 2.05) is 6.92 Å². The molecule has 0 aromatic heterocycles. The van der Waals surface area contributed by atoms with Gasteiger partial charge in [0, 0.05) is 12.1 Å². The summed E-state index contributed by atoms with van der Waals surface area (Å²) >= 11 is 6.34.